The molecule has 8 heteroatoms. The van der Waals surface area contributed by atoms with Gasteiger partial charge in [0.15, 0.2) is 0 Å². The highest BCUT2D eigenvalue weighted by Gasteiger charge is 2.25. The van der Waals surface area contributed by atoms with Gasteiger partial charge >= 0.3 is 11.9 Å². The van der Waals surface area contributed by atoms with Crippen molar-refractivity contribution in [2.45, 2.75) is 33.5 Å². The van der Waals surface area contributed by atoms with Gasteiger partial charge in [0.2, 0.25) is 6.84 Å². The van der Waals surface area contributed by atoms with Crippen molar-refractivity contribution in [1.29, 1.82) is 0 Å². The quantitative estimate of drug-likeness (QED) is 0.300. The highest BCUT2D eigenvalue weighted by Crippen LogP contribution is 2.32. The van der Waals surface area contributed by atoms with Crippen molar-refractivity contribution in [3.05, 3.63) is 12.2 Å². The van der Waals surface area contributed by atoms with Crippen LogP contribution >= 0.6 is 63.7 Å². The summed E-state index contributed by atoms with van der Waals surface area (Å²) in [6.07, 6.45) is 3.06. The number of alkyl halides is 4. The van der Waals surface area contributed by atoms with Gasteiger partial charge in [-0.25, -0.2) is 9.59 Å². The van der Waals surface area contributed by atoms with Gasteiger partial charge in [-0.3, -0.25) is 0 Å². The fourth-order valence-corrected chi connectivity index (χ4v) is 1.28. The van der Waals surface area contributed by atoms with Crippen LogP contribution in [0.2, 0.25) is 0 Å². The van der Waals surface area contributed by atoms with Crippen LogP contribution in [-0.2, 0) is 19.1 Å². The van der Waals surface area contributed by atoms with E-state index in [1.165, 1.54) is 0 Å². The van der Waals surface area contributed by atoms with Crippen LogP contribution in [0, 0.1) is 0 Å². The third kappa shape index (κ3) is 8.66. The summed E-state index contributed by atoms with van der Waals surface area (Å²) in [6.45, 7) is 3.64. The van der Waals surface area contributed by atoms with Crippen molar-refractivity contribution >= 4 is 75.7 Å². The molecule has 0 saturated heterocycles. The first kappa shape index (κ1) is 18.6. The van der Waals surface area contributed by atoms with Gasteiger partial charge in [0.1, 0.15) is 0 Å². The number of ether oxygens (including phenoxy) is 2. The molecule has 0 aliphatic heterocycles. The first-order chi connectivity index (χ1) is 8.12. The maximum atomic E-state index is 11.4. The molecule has 0 aromatic rings. The van der Waals surface area contributed by atoms with Crippen molar-refractivity contribution in [2.24, 2.45) is 0 Å². The maximum Gasteiger partial charge on any atom is 0.333 e. The fraction of sp³-hybridized carbons (Fsp3) is 0.600. The molecule has 0 aliphatic rings. The molecule has 0 fully saturated rings. The van der Waals surface area contributed by atoms with Crippen LogP contribution in [0.4, 0.5) is 0 Å². The van der Waals surface area contributed by atoms with Crippen molar-refractivity contribution in [2.75, 3.05) is 0 Å². The van der Waals surface area contributed by atoms with Crippen LogP contribution in [-0.4, -0.2) is 18.8 Å². The molecule has 0 aromatic carbocycles. The van der Waals surface area contributed by atoms with E-state index in [1.54, 1.807) is 0 Å². The lowest BCUT2D eigenvalue weighted by atomic mass is 10.5. The fourth-order valence-electron chi connectivity index (χ4n) is 0.643. The highest BCUT2D eigenvalue weighted by atomic mass is 79.9. The maximum absolute atomic E-state index is 11.4. The van der Waals surface area contributed by atoms with Crippen molar-refractivity contribution < 1.29 is 19.1 Å². The number of hydrogen-bond donors (Lipinski definition) is 0. The van der Waals surface area contributed by atoms with E-state index < -0.39 is 18.8 Å². The molecular weight excluding hydrogens is 504 g/mol. The lowest BCUT2D eigenvalue weighted by Crippen LogP contribution is -2.20. The Kier molecular flexibility index (Phi) is 8.28. The molecule has 0 saturated carbocycles. The van der Waals surface area contributed by atoms with Crippen LogP contribution in [0.1, 0.15) is 26.7 Å². The molecule has 104 valence electrons. The van der Waals surface area contributed by atoms with E-state index >= 15 is 0 Å². The first-order valence-corrected chi connectivity index (χ1v) is 8.18. The van der Waals surface area contributed by atoms with Gasteiger partial charge in [-0.1, -0.05) is 13.8 Å². The Morgan fingerprint density at radius 3 is 1.39 bits per heavy atom. The summed E-state index contributed by atoms with van der Waals surface area (Å²) in [5, 5.41) is 0. The number of esters is 2. The molecule has 18 heavy (non-hydrogen) atoms. The second kappa shape index (κ2) is 8.01. The summed E-state index contributed by atoms with van der Waals surface area (Å²) in [5.41, 5.74) is 0. The van der Waals surface area contributed by atoms with Crippen molar-refractivity contribution in [3.8, 4) is 0 Å². The van der Waals surface area contributed by atoms with Gasteiger partial charge in [0.25, 0.3) is 0 Å². The predicted molar refractivity (Wildman–Crippen MR) is 83.1 cm³/mol. The second-order valence-electron chi connectivity index (χ2n) is 3.16. The Hall–Kier alpha value is 0.600. The minimum atomic E-state index is -0.913. The van der Waals surface area contributed by atoms with E-state index in [2.05, 4.69) is 63.7 Å². The smallest absolute Gasteiger partial charge is 0.333 e. The third-order valence-corrected chi connectivity index (χ3v) is 4.57. The lowest BCUT2D eigenvalue weighted by Gasteiger charge is -2.18. The summed E-state index contributed by atoms with van der Waals surface area (Å²) in [6, 6.07) is 0. The Labute approximate surface area is 139 Å². The molecule has 0 aliphatic carbocycles. The molecule has 0 unspecified atom stereocenters. The summed E-state index contributed by atoms with van der Waals surface area (Å²) < 4.78 is 8.11. The summed E-state index contributed by atoms with van der Waals surface area (Å²) in [4.78, 5) is 22.7. The largest absolute Gasteiger partial charge is 0.434 e. The molecule has 0 aromatic heterocycles. The van der Waals surface area contributed by atoms with Crippen LogP contribution in [0.25, 0.3) is 0 Å². The highest BCUT2D eigenvalue weighted by molar-refractivity contribution is 9.25. The monoisotopic (exact) mass is 512 g/mol. The van der Waals surface area contributed by atoms with Crippen LogP contribution in [0.3, 0.4) is 0 Å². The molecular formula is C10H12Br4O4. The minimum absolute atomic E-state index is 0.527. The zero-order chi connectivity index (χ0) is 14.4. The topological polar surface area (TPSA) is 52.6 Å². The molecule has 0 rings (SSSR count). The standard InChI is InChI=1S/C10H12Br4O4/c1-3-9(11,12)17-7(15)5-6-8(16)18-10(13,14)4-2/h5-6H,3-4H2,1-2H3. The summed E-state index contributed by atoms with van der Waals surface area (Å²) in [5.74, 6) is -1.32. The van der Waals surface area contributed by atoms with E-state index in [9.17, 15) is 9.59 Å². The zero-order valence-electron chi connectivity index (χ0n) is 9.71. The number of rotatable bonds is 6. The van der Waals surface area contributed by atoms with Gasteiger partial charge in [-0.2, -0.15) is 0 Å². The Morgan fingerprint density at radius 1 is 0.889 bits per heavy atom. The van der Waals surface area contributed by atoms with E-state index in [0.717, 1.165) is 12.2 Å². The molecule has 4 nitrogen and oxygen atoms in total. The molecule has 0 amide bonds. The van der Waals surface area contributed by atoms with Gasteiger partial charge in [0.05, 0.1) is 0 Å². The van der Waals surface area contributed by atoms with Crippen LogP contribution in [0.5, 0.6) is 0 Å². The van der Waals surface area contributed by atoms with Crippen LogP contribution < -0.4 is 0 Å². The third-order valence-electron chi connectivity index (χ3n) is 1.68. The number of hydrogen-bond acceptors (Lipinski definition) is 4. The number of halogens is 4. The Morgan fingerprint density at radius 2 is 1.17 bits per heavy atom. The average Bonchev–Trinajstić information content (AvgIpc) is 2.25. The average molecular weight is 516 g/mol. The van der Waals surface area contributed by atoms with E-state index in [4.69, 9.17) is 9.47 Å². The van der Waals surface area contributed by atoms with Crippen molar-refractivity contribution in [3.63, 3.8) is 0 Å². The Balaban J connectivity index is 4.32. The molecule has 0 N–H and O–H groups in total. The molecule has 0 heterocycles. The summed E-state index contributed by atoms with van der Waals surface area (Å²) in [7, 11) is 0. The zero-order valence-corrected chi connectivity index (χ0v) is 16.1. The molecule has 0 atom stereocenters. The number of carbonyl (C=O) groups excluding carboxylic acids is 2. The minimum Gasteiger partial charge on any atom is -0.434 e. The van der Waals surface area contributed by atoms with Gasteiger partial charge in [-0.05, 0) is 63.7 Å². The molecule has 0 radical (unpaired) electrons. The van der Waals surface area contributed by atoms with Gasteiger partial charge in [-0.15, -0.1) is 0 Å². The number of carbonyl (C=O) groups is 2. The normalized spacial score (nSPS) is 12.6. The van der Waals surface area contributed by atoms with E-state index in [-0.39, 0.29) is 0 Å². The second-order valence-corrected chi connectivity index (χ2v) is 10.4. The first-order valence-electron chi connectivity index (χ1n) is 5.01. The molecule has 0 spiro atoms. The van der Waals surface area contributed by atoms with Gasteiger partial charge in [0, 0.05) is 25.0 Å². The Bertz CT molecular complexity index is 307. The predicted octanol–water partition coefficient (Wildman–Crippen LogP) is 4.34. The van der Waals surface area contributed by atoms with E-state index in [0.29, 0.717) is 12.8 Å². The van der Waals surface area contributed by atoms with E-state index in [1.807, 2.05) is 13.8 Å². The lowest BCUT2D eigenvalue weighted by molar-refractivity contribution is -0.143. The molecule has 0 bridgehead atoms. The summed E-state index contributed by atoms with van der Waals surface area (Å²) >= 11 is 12.6. The van der Waals surface area contributed by atoms with Crippen molar-refractivity contribution in [1.82, 2.24) is 0 Å². The van der Waals surface area contributed by atoms with Crippen LogP contribution in [0.15, 0.2) is 12.2 Å². The van der Waals surface area contributed by atoms with Gasteiger partial charge < -0.3 is 9.47 Å². The SMILES string of the molecule is CCC(Br)(Br)OC(=O)C=CC(=O)OC(Br)(Br)CC.